The van der Waals surface area contributed by atoms with Crippen molar-refractivity contribution in [2.45, 2.75) is 13.1 Å². The molecule has 0 bridgehead atoms. The summed E-state index contributed by atoms with van der Waals surface area (Å²) in [6.45, 7) is 0.184. The number of aromatic carboxylic acids is 1. The van der Waals surface area contributed by atoms with Crippen molar-refractivity contribution in [1.82, 2.24) is 10.2 Å². The summed E-state index contributed by atoms with van der Waals surface area (Å²) in [4.78, 5) is 49.5. The largest absolute Gasteiger partial charge is 0.545 e. The lowest BCUT2D eigenvalue weighted by Crippen LogP contribution is -2.28. The maximum Gasteiger partial charge on any atom is 0.261 e. The molecule has 2 heterocycles. The minimum Gasteiger partial charge on any atom is -0.545 e. The number of nitrogens with one attached hydrogen (secondary N) is 1. The van der Waals surface area contributed by atoms with E-state index >= 15 is 0 Å². The van der Waals surface area contributed by atoms with Crippen molar-refractivity contribution in [1.29, 1.82) is 0 Å². The van der Waals surface area contributed by atoms with Gasteiger partial charge in [0.25, 0.3) is 17.7 Å². The molecule has 8 heteroatoms. The van der Waals surface area contributed by atoms with Gasteiger partial charge in [0.1, 0.15) is 5.76 Å². The molecule has 8 nitrogen and oxygen atoms in total. The Balaban J connectivity index is 1.46. The number of amides is 3. The zero-order valence-electron chi connectivity index (χ0n) is 15.6. The van der Waals surface area contributed by atoms with Crippen LogP contribution in [0.5, 0.6) is 0 Å². The van der Waals surface area contributed by atoms with Crippen molar-refractivity contribution in [3.63, 3.8) is 0 Å². The lowest BCUT2D eigenvalue weighted by atomic mass is 10.1. The summed E-state index contributed by atoms with van der Waals surface area (Å²) in [5, 5.41) is 13.5. The van der Waals surface area contributed by atoms with E-state index in [9.17, 15) is 24.3 Å². The lowest BCUT2D eigenvalue weighted by Gasteiger charge is -2.11. The van der Waals surface area contributed by atoms with Crippen LogP contribution in [0.25, 0.3) is 0 Å². The van der Waals surface area contributed by atoms with Gasteiger partial charge in [-0.05, 0) is 41.5 Å². The van der Waals surface area contributed by atoms with Crippen molar-refractivity contribution in [3.05, 3.63) is 94.4 Å². The average molecular weight is 403 g/mol. The quantitative estimate of drug-likeness (QED) is 0.621. The van der Waals surface area contributed by atoms with Gasteiger partial charge in [-0.15, -0.1) is 0 Å². The summed E-state index contributed by atoms with van der Waals surface area (Å²) in [5.41, 5.74) is 1.39. The van der Waals surface area contributed by atoms with E-state index in [0.717, 1.165) is 4.90 Å². The number of furan rings is 1. The van der Waals surface area contributed by atoms with Crippen LogP contribution in [-0.2, 0) is 13.1 Å². The van der Waals surface area contributed by atoms with E-state index in [1.165, 1.54) is 36.6 Å². The molecule has 0 fully saturated rings. The molecule has 1 N–H and O–H groups in total. The summed E-state index contributed by atoms with van der Waals surface area (Å²) in [7, 11) is 0. The average Bonchev–Trinajstić information content (AvgIpc) is 3.35. The zero-order valence-corrected chi connectivity index (χ0v) is 15.6. The van der Waals surface area contributed by atoms with Gasteiger partial charge in [-0.2, -0.15) is 0 Å². The number of carboxylic acid groups (broad SMARTS) is 1. The molecule has 150 valence electrons. The van der Waals surface area contributed by atoms with Gasteiger partial charge in [-0.25, -0.2) is 0 Å². The van der Waals surface area contributed by atoms with E-state index in [0.29, 0.717) is 11.3 Å². The van der Waals surface area contributed by atoms with Crippen LogP contribution in [0.2, 0.25) is 0 Å². The van der Waals surface area contributed by atoms with E-state index < -0.39 is 23.7 Å². The Morgan fingerprint density at radius 2 is 1.63 bits per heavy atom. The Labute approximate surface area is 170 Å². The number of hydrogen-bond acceptors (Lipinski definition) is 6. The molecule has 0 unspecified atom stereocenters. The summed E-state index contributed by atoms with van der Waals surface area (Å²) in [6, 6.07) is 13.6. The molecule has 1 aliphatic heterocycles. The molecule has 3 aromatic rings. The van der Waals surface area contributed by atoms with Gasteiger partial charge >= 0.3 is 0 Å². The fourth-order valence-corrected chi connectivity index (χ4v) is 3.18. The van der Waals surface area contributed by atoms with Crippen LogP contribution in [-0.4, -0.2) is 28.6 Å². The van der Waals surface area contributed by atoms with Gasteiger partial charge in [0, 0.05) is 12.1 Å². The zero-order chi connectivity index (χ0) is 21.3. The molecule has 1 aliphatic rings. The molecule has 0 atom stereocenters. The number of carbonyl (C=O) groups is 4. The maximum absolute atomic E-state index is 12.7. The van der Waals surface area contributed by atoms with Crippen LogP contribution in [0.4, 0.5) is 0 Å². The number of fused-ring (bicyclic) bond motifs is 1. The fraction of sp³-hybridized carbons (Fsp3) is 0.0909. The highest BCUT2D eigenvalue weighted by atomic mass is 16.4. The second kappa shape index (κ2) is 7.67. The standard InChI is InChI=1S/C22H16N2O6/c25-19(23-11-13-3-5-14(6-4-13)22(28)29)15-7-8-17-18(10-15)21(27)24(20(17)26)12-16-2-1-9-30-16/h1-10H,11-12H2,(H,23,25)(H,28,29)/p-1. The van der Waals surface area contributed by atoms with E-state index in [2.05, 4.69) is 5.32 Å². The Kier molecular flexibility index (Phi) is 4.89. The number of rotatable bonds is 6. The first-order valence-electron chi connectivity index (χ1n) is 9.05. The first kappa shape index (κ1) is 19.1. The number of carboxylic acids is 1. The summed E-state index contributed by atoms with van der Waals surface area (Å²) in [5.74, 6) is -2.15. The van der Waals surface area contributed by atoms with Crippen molar-refractivity contribution in [3.8, 4) is 0 Å². The maximum atomic E-state index is 12.7. The Hall–Kier alpha value is -4.20. The van der Waals surface area contributed by atoms with Crippen molar-refractivity contribution in [2.24, 2.45) is 0 Å². The lowest BCUT2D eigenvalue weighted by molar-refractivity contribution is -0.255. The number of imide groups is 1. The Morgan fingerprint density at radius 3 is 2.30 bits per heavy atom. The van der Waals surface area contributed by atoms with Crippen LogP contribution in [0, 0.1) is 0 Å². The molecule has 0 saturated heterocycles. The van der Waals surface area contributed by atoms with Gasteiger partial charge in [-0.3, -0.25) is 19.3 Å². The number of nitrogens with zero attached hydrogens (tertiary/aromatic N) is 1. The van der Waals surface area contributed by atoms with Crippen LogP contribution in [0.3, 0.4) is 0 Å². The molecule has 0 aliphatic carbocycles. The number of carbonyl (C=O) groups excluding carboxylic acids is 4. The smallest absolute Gasteiger partial charge is 0.261 e. The first-order chi connectivity index (χ1) is 14.4. The molecule has 2 aromatic carbocycles. The van der Waals surface area contributed by atoms with E-state index in [-0.39, 0.29) is 35.3 Å². The molecular formula is C22H15N2O6-. The highest BCUT2D eigenvalue weighted by Gasteiger charge is 2.36. The third-order valence-corrected chi connectivity index (χ3v) is 4.77. The third-order valence-electron chi connectivity index (χ3n) is 4.77. The second-order valence-corrected chi connectivity index (χ2v) is 6.70. The SMILES string of the molecule is O=C([O-])c1ccc(CNC(=O)c2ccc3c(c2)C(=O)N(Cc2ccco2)C3=O)cc1. The van der Waals surface area contributed by atoms with E-state index in [1.54, 1.807) is 24.3 Å². The van der Waals surface area contributed by atoms with Crippen molar-refractivity contribution in [2.75, 3.05) is 0 Å². The molecule has 0 radical (unpaired) electrons. The highest BCUT2D eigenvalue weighted by Crippen LogP contribution is 2.25. The van der Waals surface area contributed by atoms with E-state index in [1.807, 2.05) is 0 Å². The van der Waals surface area contributed by atoms with Gasteiger partial charge < -0.3 is 19.6 Å². The summed E-state index contributed by atoms with van der Waals surface area (Å²) in [6.07, 6.45) is 1.46. The second-order valence-electron chi connectivity index (χ2n) is 6.70. The highest BCUT2D eigenvalue weighted by molar-refractivity contribution is 6.22. The molecular weight excluding hydrogens is 388 g/mol. The van der Waals surface area contributed by atoms with Crippen molar-refractivity contribution < 1.29 is 28.7 Å². The Morgan fingerprint density at radius 1 is 0.933 bits per heavy atom. The predicted octanol–water partition coefficient (Wildman–Crippen LogP) is 1.37. The summed E-state index contributed by atoms with van der Waals surface area (Å²) >= 11 is 0. The van der Waals surface area contributed by atoms with Gasteiger partial charge in [0.05, 0.1) is 29.9 Å². The fourth-order valence-electron chi connectivity index (χ4n) is 3.18. The molecule has 30 heavy (non-hydrogen) atoms. The molecule has 4 rings (SSSR count). The minimum absolute atomic E-state index is 0.0166. The monoisotopic (exact) mass is 403 g/mol. The molecule has 0 saturated carbocycles. The minimum atomic E-state index is -1.27. The van der Waals surface area contributed by atoms with Gasteiger partial charge in [0.15, 0.2) is 0 Å². The van der Waals surface area contributed by atoms with Crippen LogP contribution in [0.1, 0.15) is 52.8 Å². The molecule has 3 amide bonds. The van der Waals surface area contributed by atoms with Gasteiger partial charge in [0.2, 0.25) is 0 Å². The Bertz CT molecular complexity index is 1150. The number of benzene rings is 2. The van der Waals surface area contributed by atoms with Crippen LogP contribution in [0.15, 0.2) is 65.3 Å². The molecule has 0 spiro atoms. The molecule has 1 aromatic heterocycles. The topological polar surface area (TPSA) is 120 Å². The van der Waals surface area contributed by atoms with Gasteiger partial charge in [-0.1, -0.05) is 24.3 Å². The van der Waals surface area contributed by atoms with Crippen LogP contribution >= 0.6 is 0 Å². The van der Waals surface area contributed by atoms with Crippen LogP contribution < -0.4 is 10.4 Å². The van der Waals surface area contributed by atoms with Crippen molar-refractivity contribution >= 4 is 23.7 Å². The summed E-state index contributed by atoms with van der Waals surface area (Å²) < 4.78 is 5.20. The van der Waals surface area contributed by atoms with E-state index in [4.69, 9.17) is 4.42 Å². The predicted molar refractivity (Wildman–Crippen MR) is 101 cm³/mol. The number of hydrogen-bond donors (Lipinski definition) is 1. The first-order valence-corrected chi connectivity index (χ1v) is 9.05. The third kappa shape index (κ3) is 3.58. The normalized spacial score (nSPS) is 12.7.